The van der Waals surface area contributed by atoms with Crippen molar-refractivity contribution in [1.82, 2.24) is 0 Å². The lowest BCUT2D eigenvalue weighted by Gasteiger charge is -2.06. The Labute approximate surface area is 101 Å². The largest absolute Gasteiger partial charge is 0.494 e. The van der Waals surface area contributed by atoms with Crippen LogP contribution in [0, 0.1) is 0 Å². The van der Waals surface area contributed by atoms with Crippen molar-refractivity contribution in [2.24, 2.45) is 0 Å². The normalized spacial score (nSPS) is 10.0. The molecule has 0 radical (unpaired) electrons. The molecule has 0 aliphatic rings. The van der Waals surface area contributed by atoms with Gasteiger partial charge in [-0.1, -0.05) is 12.1 Å². The van der Waals surface area contributed by atoms with Crippen LogP contribution in [0.4, 0.5) is 0 Å². The zero-order valence-electron chi connectivity index (χ0n) is 10.0. The summed E-state index contributed by atoms with van der Waals surface area (Å²) in [5.41, 5.74) is 0.851. The average Bonchev–Trinajstić information content (AvgIpc) is 2.36. The summed E-state index contributed by atoms with van der Waals surface area (Å²) in [5.74, 6) is 0.554. The molecular formula is C13H18O4. The molecule has 0 saturated carbocycles. The average molecular weight is 238 g/mol. The number of esters is 1. The highest BCUT2D eigenvalue weighted by Crippen LogP contribution is 2.12. The van der Waals surface area contributed by atoms with E-state index in [1.165, 1.54) is 0 Å². The molecule has 0 aromatic heterocycles. The maximum Gasteiger partial charge on any atom is 0.305 e. The summed E-state index contributed by atoms with van der Waals surface area (Å²) in [7, 11) is 0. The summed E-state index contributed by atoms with van der Waals surface area (Å²) in [6.07, 6.45) is 1.02. The van der Waals surface area contributed by atoms with E-state index in [4.69, 9.17) is 14.6 Å². The van der Waals surface area contributed by atoms with Gasteiger partial charge in [0, 0.05) is 6.42 Å². The highest BCUT2D eigenvalue weighted by molar-refractivity contribution is 5.69. The predicted molar refractivity (Wildman–Crippen MR) is 63.7 cm³/mol. The third-order valence-electron chi connectivity index (χ3n) is 2.21. The summed E-state index contributed by atoms with van der Waals surface area (Å²) >= 11 is 0. The lowest BCUT2D eigenvalue weighted by atomic mass is 10.2. The maximum atomic E-state index is 11.0. The molecular weight excluding hydrogens is 220 g/mol. The van der Waals surface area contributed by atoms with Crippen LogP contribution in [0.15, 0.2) is 24.3 Å². The van der Waals surface area contributed by atoms with Crippen LogP contribution in [-0.2, 0) is 16.1 Å². The van der Waals surface area contributed by atoms with Gasteiger partial charge < -0.3 is 14.6 Å². The van der Waals surface area contributed by atoms with E-state index < -0.39 is 0 Å². The molecule has 0 atom stereocenters. The number of carbonyl (C=O) groups excluding carboxylic acids is 1. The summed E-state index contributed by atoms with van der Waals surface area (Å²) in [4.78, 5) is 11.0. The van der Waals surface area contributed by atoms with Gasteiger partial charge in [-0.25, -0.2) is 0 Å². The van der Waals surface area contributed by atoms with Crippen molar-refractivity contribution in [3.8, 4) is 5.75 Å². The lowest BCUT2D eigenvalue weighted by molar-refractivity contribution is -0.143. The van der Waals surface area contributed by atoms with Crippen LogP contribution in [0.1, 0.15) is 25.3 Å². The Morgan fingerprint density at radius 3 is 2.59 bits per heavy atom. The van der Waals surface area contributed by atoms with E-state index in [9.17, 15) is 4.79 Å². The van der Waals surface area contributed by atoms with Crippen LogP contribution in [0.2, 0.25) is 0 Å². The van der Waals surface area contributed by atoms with Crippen LogP contribution < -0.4 is 4.74 Å². The molecule has 0 aliphatic carbocycles. The summed E-state index contributed by atoms with van der Waals surface area (Å²) < 4.78 is 10.2. The van der Waals surface area contributed by atoms with Gasteiger partial charge >= 0.3 is 5.97 Å². The standard InChI is InChI=1S/C13H18O4/c1-2-16-13(15)4-3-9-17-12-7-5-11(10-14)6-8-12/h5-8,14H,2-4,9-10H2,1H3. The molecule has 1 aromatic rings. The zero-order chi connectivity index (χ0) is 12.5. The molecule has 0 heterocycles. The third kappa shape index (κ3) is 5.36. The van der Waals surface area contributed by atoms with Crippen molar-refractivity contribution in [3.05, 3.63) is 29.8 Å². The van der Waals surface area contributed by atoms with Crippen LogP contribution >= 0.6 is 0 Å². The summed E-state index contributed by atoms with van der Waals surface area (Å²) in [6.45, 7) is 2.72. The van der Waals surface area contributed by atoms with Crippen molar-refractivity contribution >= 4 is 5.97 Å². The van der Waals surface area contributed by atoms with E-state index in [1.807, 2.05) is 0 Å². The molecule has 0 unspecified atom stereocenters. The number of benzene rings is 1. The number of hydrogen-bond donors (Lipinski definition) is 1. The SMILES string of the molecule is CCOC(=O)CCCOc1ccc(CO)cc1. The van der Waals surface area contributed by atoms with Gasteiger partial charge in [-0.05, 0) is 31.0 Å². The first kappa shape index (κ1) is 13.5. The van der Waals surface area contributed by atoms with Gasteiger partial charge in [-0.2, -0.15) is 0 Å². The Morgan fingerprint density at radius 2 is 2.00 bits per heavy atom. The minimum atomic E-state index is -0.188. The van der Waals surface area contributed by atoms with Crippen LogP contribution in [0.3, 0.4) is 0 Å². The van der Waals surface area contributed by atoms with E-state index in [-0.39, 0.29) is 12.6 Å². The molecule has 0 aliphatic heterocycles. The predicted octanol–water partition coefficient (Wildman–Crippen LogP) is 1.90. The molecule has 4 nitrogen and oxygen atoms in total. The van der Waals surface area contributed by atoms with E-state index in [0.717, 1.165) is 11.3 Å². The minimum Gasteiger partial charge on any atom is -0.494 e. The number of rotatable bonds is 7. The van der Waals surface area contributed by atoms with E-state index >= 15 is 0 Å². The monoisotopic (exact) mass is 238 g/mol. The second-order valence-corrected chi connectivity index (χ2v) is 3.56. The smallest absolute Gasteiger partial charge is 0.305 e. The van der Waals surface area contributed by atoms with Crippen molar-refractivity contribution in [3.63, 3.8) is 0 Å². The lowest BCUT2D eigenvalue weighted by Crippen LogP contribution is -2.06. The van der Waals surface area contributed by atoms with Crippen molar-refractivity contribution < 1.29 is 19.4 Å². The fourth-order valence-electron chi connectivity index (χ4n) is 1.33. The molecule has 0 saturated heterocycles. The van der Waals surface area contributed by atoms with Crippen molar-refractivity contribution in [1.29, 1.82) is 0 Å². The molecule has 0 fully saturated rings. The van der Waals surface area contributed by atoms with Crippen LogP contribution in [0.5, 0.6) is 5.75 Å². The van der Waals surface area contributed by atoms with E-state index in [1.54, 1.807) is 31.2 Å². The zero-order valence-corrected chi connectivity index (χ0v) is 10.0. The van der Waals surface area contributed by atoms with E-state index in [2.05, 4.69) is 0 Å². The van der Waals surface area contributed by atoms with Gasteiger partial charge in [0.2, 0.25) is 0 Å². The fraction of sp³-hybridized carbons (Fsp3) is 0.462. The van der Waals surface area contributed by atoms with E-state index in [0.29, 0.717) is 26.1 Å². The Balaban J connectivity index is 2.19. The number of ether oxygens (including phenoxy) is 2. The second kappa shape index (κ2) is 7.68. The fourth-order valence-corrected chi connectivity index (χ4v) is 1.33. The number of aliphatic hydroxyl groups is 1. The molecule has 4 heteroatoms. The Bertz CT molecular complexity index is 332. The Hall–Kier alpha value is -1.55. The first-order valence-electron chi connectivity index (χ1n) is 5.74. The van der Waals surface area contributed by atoms with Gasteiger partial charge in [0.15, 0.2) is 0 Å². The highest BCUT2D eigenvalue weighted by Gasteiger charge is 2.01. The Kier molecular flexibility index (Phi) is 6.10. The topological polar surface area (TPSA) is 55.8 Å². The molecule has 0 amide bonds. The molecule has 1 aromatic carbocycles. The summed E-state index contributed by atoms with van der Waals surface area (Å²) in [6, 6.07) is 7.22. The quantitative estimate of drug-likeness (QED) is 0.582. The molecule has 0 bridgehead atoms. The maximum absolute atomic E-state index is 11.0. The van der Waals surface area contributed by atoms with Crippen molar-refractivity contribution in [2.45, 2.75) is 26.4 Å². The second-order valence-electron chi connectivity index (χ2n) is 3.56. The van der Waals surface area contributed by atoms with Crippen molar-refractivity contribution in [2.75, 3.05) is 13.2 Å². The van der Waals surface area contributed by atoms with Gasteiger partial charge in [0.05, 0.1) is 19.8 Å². The molecule has 1 N–H and O–H groups in total. The molecule has 17 heavy (non-hydrogen) atoms. The van der Waals surface area contributed by atoms with Gasteiger partial charge in [-0.3, -0.25) is 4.79 Å². The van der Waals surface area contributed by atoms with Gasteiger partial charge in [0.25, 0.3) is 0 Å². The minimum absolute atomic E-state index is 0.0309. The first-order valence-corrected chi connectivity index (χ1v) is 5.74. The third-order valence-corrected chi connectivity index (χ3v) is 2.21. The number of aliphatic hydroxyl groups excluding tert-OH is 1. The number of hydrogen-bond acceptors (Lipinski definition) is 4. The van der Waals surface area contributed by atoms with Gasteiger partial charge in [0.1, 0.15) is 5.75 Å². The molecule has 94 valence electrons. The first-order chi connectivity index (χ1) is 8.26. The summed E-state index contributed by atoms with van der Waals surface area (Å²) in [5, 5.41) is 8.86. The van der Waals surface area contributed by atoms with Gasteiger partial charge in [-0.15, -0.1) is 0 Å². The molecule has 0 spiro atoms. The molecule has 1 rings (SSSR count). The van der Waals surface area contributed by atoms with Crippen LogP contribution in [-0.4, -0.2) is 24.3 Å². The highest BCUT2D eigenvalue weighted by atomic mass is 16.5. The number of carbonyl (C=O) groups is 1. The van der Waals surface area contributed by atoms with Crippen LogP contribution in [0.25, 0.3) is 0 Å². The Morgan fingerprint density at radius 1 is 1.29 bits per heavy atom.